The number of hydrogen-bond acceptors (Lipinski definition) is 5. The van der Waals surface area contributed by atoms with E-state index in [0.29, 0.717) is 12.2 Å². The monoisotopic (exact) mass is 267 g/mol. The summed E-state index contributed by atoms with van der Waals surface area (Å²) in [5.74, 6) is 0.0813. The lowest BCUT2D eigenvalue weighted by molar-refractivity contribution is 0.271. The Labute approximate surface area is 108 Å². The smallest absolute Gasteiger partial charge is 0.332 e. The molecule has 3 N–H and O–H groups in total. The van der Waals surface area contributed by atoms with Crippen molar-refractivity contribution in [3.63, 3.8) is 0 Å². The van der Waals surface area contributed by atoms with Crippen molar-refractivity contribution in [1.82, 2.24) is 18.9 Å². The zero-order chi connectivity index (χ0) is 14.2. The molecule has 8 nitrogen and oxygen atoms in total. The van der Waals surface area contributed by atoms with Crippen molar-refractivity contribution in [2.75, 3.05) is 12.3 Å². The van der Waals surface area contributed by atoms with Crippen LogP contribution in [0.2, 0.25) is 0 Å². The van der Waals surface area contributed by atoms with Gasteiger partial charge in [-0.15, -0.1) is 0 Å². The van der Waals surface area contributed by atoms with Crippen LogP contribution in [0.3, 0.4) is 0 Å². The van der Waals surface area contributed by atoms with Gasteiger partial charge in [-0.3, -0.25) is 13.9 Å². The first-order valence-electron chi connectivity index (χ1n) is 6.17. The van der Waals surface area contributed by atoms with E-state index in [4.69, 9.17) is 10.8 Å². The van der Waals surface area contributed by atoms with E-state index in [-0.39, 0.29) is 36.6 Å². The second-order valence-electron chi connectivity index (χ2n) is 4.11. The molecule has 2 heterocycles. The molecule has 104 valence electrons. The van der Waals surface area contributed by atoms with Crippen molar-refractivity contribution in [2.24, 2.45) is 0 Å². The maximum absolute atomic E-state index is 12.2. The molecule has 2 aromatic heterocycles. The molecule has 0 aliphatic heterocycles. The average Bonchev–Trinajstić information content (AvgIpc) is 2.68. The third kappa shape index (κ3) is 1.84. The molecule has 0 spiro atoms. The topological polar surface area (TPSA) is 108 Å². The maximum atomic E-state index is 12.2. The van der Waals surface area contributed by atoms with E-state index in [1.807, 2.05) is 0 Å². The molecule has 0 saturated carbocycles. The van der Waals surface area contributed by atoms with Crippen LogP contribution in [0.1, 0.15) is 13.8 Å². The number of fused-ring (bicyclic) bond motifs is 1. The van der Waals surface area contributed by atoms with Crippen LogP contribution in [0.15, 0.2) is 9.59 Å². The van der Waals surface area contributed by atoms with E-state index < -0.39 is 5.56 Å². The summed E-state index contributed by atoms with van der Waals surface area (Å²) in [6.07, 6.45) is 0. The minimum absolute atomic E-state index is 0.0813. The number of rotatable bonds is 4. The average molecular weight is 267 g/mol. The lowest BCUT2D eigenvalue weighted by Crippen LogP contribution is -2.40. The molecule has 0 fully saturated rings. The molecular formula is C11H17N5O3. The summed E-state index contributed by atoms with van der Waals surface area (Å²) in [6.45, 7) is 4.23. The first-order valence-corrected chi connectivity index (χ1v) is 6.17. The molecule has 0 unspecified atom stereocenters. The SMILES string of the molecule is CCn1c(=O)c2c(N)nn(CCO)c2n(CC)c1=O. The molecule has 0 aliphatic rings. The van der Waals surface area contributed by atoms with Crippen molar-refractivity contribution in [3.8, 4) is 0 Å². The van der Waals surface area contributed by atoms with Gasteiger partial charge in [0, 0.05) is 13.1 Å². The molecule has 2 rings (SSSR count). The van der Waals surface area contributed by atoms with Crippen LogP contribution >= 0.6 is 0 Å². The summed E-state index contributed by atoms with van der Waals surface area (Å²) >= 11 is 0. The zero-order valence-corrected chi connectivity index (χ0v) is 11.0. The molecule has 2 aromatic rings. The largest absolute Gasteiger partial charge is 0.394 e. The first kappa shape index (κ1) is 13.3. The highest BCUT2D eigenvalue weighted by molar-refractivity contribution is 5.85. The fourth-order valence-electron chi connectivity index (χ4n) is 2.22. The molecule has 0 radical (unpaired) electrons. The Hall–Kier alpha value is -2.09. The highest BCUT2D eigenvalue weighted by Gasteiger charge is 2.19. The van der Waals surface area contributed by atoms with E-state index in [2.05, 4.69) is 5.10 Å². The predicted molar refractivity (Wildman–Crippen MR) is 71.1 cm³/mol. The quantitative estimate of drug-likeness (QED) is 0.736. The van der Waals surface area contributed by atoms with Crippen LogP contribution in [0.4, 0.5) is 5.82 Å². The van der Waals surface area contributed by atoms with Crippen LogP contribution < -0.4 is 17.0 Å². The molecule has 0 aromatic carbocycles. The zero-order valence-electron chi connectivity index (χ0n) is 11.0. The Morgan fingerprint density at radius 3 is 2.37 bits per heavy atom. The number of aryl methyl sites for hydroxylation is 1. The van der Waals surface area contributed by atoms with Gasteiger partial charge in [0.05, 0.1) is 13.2 Å². The molecule has 0 aliphatic carbocycles. The summed E-state index contributed by atoms with van der Waals surface area (Å²) in [4.78, 5) is 24.5. The van der Waals surface area contributed by atoms with Crippen molar-refractivity contribution in [3.05, 3.63) is 20.8 Å². The van der Waals surface area contributed by atoms with Crippen molar-refractivity contribution < 1.29 is 5.11 Å². The van der Waals surface area contributed by atoms with Gasteiger partial charge in [-0.2, -0.15) is 5.10 Å². The van der Waals surface area contributed by atoms with Crippen molar-refractivity contribution in [1.29, 1.82) is 0 Å². The van der Waals surface area contributed by atoms with Gasteiger partial charge in [0.15, 0.2) is 5.82 Å². The van der Waals surface area contributed by atoms with Crippen LogP contribution in [0.5, 0.6) is 0 Å². The minimum Gasteiger partial charge on any atom is -0.394 e. The molecule has 0 bridgehead atoms. The number of aliphatic hydroxyl groups excluding tert-OH is 1. The predicted octanol–water partition coefficient (Wildman–Crippen LogP) is -1.03. The van der Waals surface area contributed by atoms with Crippen LogP contribution in [-0.2, 0) is 19.6 Å². The molecule has 8 heteroatoms. The number of nitrogens with two attached hydrogens (primary N) is 1. The van der Waals surface area contributed by atoms with E-state index in [1.54, 1.807) is 13.8 Å². The Morgan fingerprint density at radius 2 is 1.84 bits per heavy atom. The standard InChI is InChI=1S/C11H17N5O3/c1-3-14-9-7(8(12)13-16(9)5-6-17)10(18)15(4-2)11(14)19/h17H,3-6H2,1-2H3,(H2,12,13). The second-order valence-corrected chi connectivity index (χ2v) is 4.11. The summed E-state index contributed by atoms with van der Waals surface area (Å²) in [6, 6.07) is 0. The lowest BCUT2D eigenvalue weighted by Gasteiger charge is -2.10. The number of anilines is 1. The van der Waals surface area contributed by atoms with Crippen molar-refractivity contribution in [2.45, 2.75) is 33.5 Å². The first-order chi connectivity index (χ1) is 9.06. The van der Waals surface area contributed by atoms with Gasteiger partial charge in [0.2, 0.25) is 0 Å². The van der Waals surface area contributed by atoms with Gasteiger partial charge in [0.1, 0.15) is 11.0 Å². The molecular weight excluding hydrogens is 250 g/mol. The summed E-state index contributed by atoms with van der Waals surface area (Å²) in [7, 11) is 0. The van der Waals surface area contributed by atoms with Gasteiger partial charge < -0.3 is 10.8 Å². The lowest BCUT2D eigenvalue weighted by atomic mass is 10.3. The molecule has 0 saturated heterocycles. The van der Waals surface area contributed by atoms with Gasteiger partial charge in [-0.05, 0) is 13.8 Å². The summed E-state index contributed by atoms with van der Waals surface area (Å²) < 4.78 is 3.98. The second kappa shape index (κ2) is 4.88. The van der Waals surface area contributed by atoms with Gasteiger partial charge in [-0.25, -0.2) is 9.48 Å². The van der Waals surface area contributed by atoms with Crippen LogP contribution in [0, 0.1) is 0 Å². The highest BCUT2D eigenvalue weighted by atomic mass is 16.3. The Bertz CT molecular complexity index is 724. The molecule has 0 atom stereocenters. The van der Waals surface area contributed by atoms with Gasteiger partial charge in [-0.1, -0.05) is 0 Å². The molecule has 0 amide bonds. The van der Waals surface area contributed by atoms with Crippen molar-refractivity contribution >= 4 is 16.9 Å². The van der Waals surface area contributed by atoms with E-state index in [0.717, 1.165) is 4.57 Å². The van der Waals surface area contributed by atoms with Gasteiger partial charge in [0.25, 0.3) is 5.56 Å². The highest BCUT2D eigenvalue weighted by Crippen LogP contribution is 2.15. The number of nitrogen functional groups attached to an aromatic ring is 1. The minimum atomic E-state index is -0.436. The number of hydrogen-bond donors (Lipinski definition) is 2. The van der Waals surface area contributed by atoms with Crippen LogP contribution in [0.25, 0.3) is 11.0 Å². The Kier molecular flexibility index (Phi) is 3.43. The summed E-state index contributed by atoms with van der Waals surface area (Å²) in [5, 5.41) is 13.3. The normalized spacial score (nSPS) is 11.3. The third-order valence-electron chi connectivity index (χ3n) is 3.07. The van der Waals surface area contributed by atoms with E-state index in [9.17, 15) is 9.59 Å². The fraction of sp³-hybridized carbons (Fsp3) is 0.545. The number of aliphatic hydroxyl groups is 1. The number of aromatic nitrogens is 4. The maximum Gasteiger partial charge on any atom is 0.332 e. The van der Waals surface area contributed by atoms with Crippen LogP contribution in [-0.4, -0.2) is 30.6 Å². The fourth-order valence-corrected chi connectivity index (χ4v) is 2.22. The van der Waals surface area contributed by atoms with E-state index in [1.165, 1.54) is 9.25 Å². The Morgan fingerprint density at radius 1 is 1.21 bits per heavy atom. The van der Waals surface area contributed by atoms with E-state index >= 15 is 0 Å². The Balaban J connectivity index is 3.02. The number of nitrogens with zero attached hydrogens (tertiary/aromatic N) is 4. The summed E-state index contributed by atoms with van der Waals surface area (Å²) in [5.41, 5.74) is 5.31. The third-order valence-corrected chi connectivity index (χ3v) is 3.07. The molecule has 19 heavy (non-hydrogen) atoms. The van der Waals surface area contributed by atoms with Gasteiger partial charge >= 0.3 is 5.69 Å².